The number of phenols is 5. The molecule has 9 rings (SSSR count). The molecule has 31 heteroatoms. The summed E-state index contributed by atoms with van der Waals surface area (Å²) in [7, 11) is 0. The van der Waals surface area contributed by atoms with E-state index in [2.05, 4.69) is 0 Å². The Hall–Kier alpha value is -7.48. The Bertz CT molecular complexity index is 3150. The third-order valence-corrected chi connectivity index (χ3v) is 14.7. The maximum Gasteiger partial charge on any atom is 0.330 e. The van der Waals surface area contributed by atoms with Crippen LogP contribution in [0.1, 0.15) is 28.4 Å². The maximum absolute atomic E-state index is 13.1. The van der Waals surface area contributed by atoms with E-state index in [1.807, 2.05) is 0 Å². The highest BCUT2D eigenvalue weighted by Gasteiger charge is 2.53. The number of aliphatic hydroxyl groups is 13. The first-order chi connectivity index (χ1) is 41.9. The van der Waals surface area contributed by atoms with Crippen molar-refractivity contribution in [3.63, 3.8) is 0 Å². The molecule has 0 bridgehead atoms. The van der Waals surface area contributed by atoms with Crippen LogP contribution < -0.4 is 14.2 Å². The fraction of sp³-hybridized carbons (Fsp3) is 0.439. The Balaban J connectivity index is 0.971. The number of aromatic hydroxyl groups is 5. The van der Waals surface area contributed by atoms with E-state index < -0.39 is 190 Å². The first-order valence-electron chi connectivity index (χ1n) is 27.0. The van der Waals surface area contributed by atoms with Crippen molar-refractivity contribution < 1.29 is 154 Å². The molecule has 5 aliphatic rings. The number of esters is 2. The minimum absolute atomic E-state index is 0.0862. The molecule has 31 nitrogen and oxygen atoms in total. The number of carbonyl (C=O) groups excluding carboxylic acids is 2. The molecule has 0 aliphatic carbocycles. The molecule has 0 amide bonds. The van der Waals surface area contributed by atoms with Crippen LogP contribution in [0.5, 0.6) is 46.0 Å². The number of benzene rings is 4. The van der Waals surface area contributed by atoms with E-state index in [1.54, 1.807) is 0 Å². The molecule has 478 valence electrons. The summed E-state index contributed by atoms with van der Waals surface area (Å²) in [5.74, 6) is -5.32. The van der Waals surface area contributed by atoms with Crippen molar-refractivity contribution in [1.82, 2.24) is 0 Å². The molecule has 5 aliphatic heterocycles. The van der Waals surface area contributed by atoms with Gasteiger partial charge < -0.3 is 144 Å². The lowest BCUT2D eigenvalue weighted by Crippen LogP contribution is -2.64. The Labute approximate surface area is 496 Å². The molecule has 18 N–H and O–H groups in total. The summed E-state index contributed by atoms with van der Waals surface area (Å²) in [6.45, 7) is -3.28. The van der Waals surface area contributed by atoms with Crippen molar-refractivity contribution in [2.75, 3.05) is 26.4 Å². The van der Waals surface area contributed by atoms with Gasteiger partial charge in [-0.1, -0.05) is 24.3 Å². The van der Waals surface area contributed by atoms with E-state index in [9.17, 15) is 102 Å². The number of fused-ring (bicyclic) bond motifs is 1. The molecule has 0 spiro atoms. The van der Waals surface area contributed by atoms with E-state index in [4.69, 9.17) is 52.1 Å². The normalized spacial score (nSPS) is 34.1. The van der Waals surface area contributed by atoms with Crippen molar-refractivity contribution in [2.24, 2.45) is 0 Å². The summed E-state index contributed by atoms with van der Waals surface area (Å²) in [5, 5.41) is 190. The maximum atomic E-state index is 13.1. The van der Waals surface area contributed by atoms with Crippen LogP contribution in [0.4, 0.5) is 0 Å². The third kappa shape index (κ3) is 14.5. The molecular weight excluding hydrogens is 1180 g/mol. The third-order valence-electron chi connectivity index (χ3n) is 14.7. The second-order valence-electron chi connectivity index (χ2n) is 20.8. The number of hydrogen-bond donors (Lipinski definition) is 18. The summed E-state index contributed by atoms with van der Waals surface area (Å²) >= 11 is 0. The van der Waals surface area contributed by atoms with Gasteiger partial charge in [0.2, 0.25) is 18.9 Å². The molecule has 4 fully saturated rings. The molecule has 0 aromatic heterocycles. The molecule has 5 heterocycles. The highest BCUT2D eigenvalue weighted by molar-refractivity contribution is 5.87. The predicted octanol–water partition coefficient (Wildman–Crippen LogP) is -3.78. The number of hydrogen-bond acceptors (Lipinski definition) is 31. The topological polar surface area (TPSA) is 500 Å². The number of rotatable bonds is 19. The van der Waals surface area contributed by atoms with Crippen LogP contribution in [0.25, 0.3) is 18.2 Å². The Morgan fingerprint density at radius 1 is 0.455 bits per heavy atom. The van der Waals surface area contributed by atoms with E-state index in [0.29, 0.717) is 0 Å². The average molecular weight is 1250 g/mol. The summed E-state index contributed by atoms with van der Waals surface area (Å²) in [6.07, 6.45) is -33.4. The zero-order chi connectivity index (χ0) is 63.4. The van der Waals surface area contributed by atoms with E-state index in [-0.39, 0.29) is 51.0 Å². The summed E-state index contributed by atoms with van der Waals surface area (Å²) in [4.78, 5) is 26.1. The fourth-order valence-corrected chi connectivity index (χ4v) is 9.75. The predicted molar refractivity (Wildman–Crippen MR) is 288 cm³/mol. The van der Waals surface area contributed by atoms with Crippen molar-refractivity contribution in [3.8, 4) is 46.0 Å². The summed E-state index contributed by atoms with van der Waals surface area (Å²) in [5.41, 5.74) is 0.565. The molecule has 0 saturated carbocycles. The van der Waals surface area contributed by atoms with Crippen molar-refractivity contribution in [1.29, 1.82) is 0 Å². The number of aliphatic hydroxyl groups excluding tert-OH is 13. The zero-order valence-electron chi connectivity index (χ0n) is 45.6. The second kappa shape index (κ2) is 27.9. The van der Waals surface area contributed by atoms with Gasteiger partial charge in [-0.15, -0.1) is 0 Å². The van der Waals surface area contributed by atoms with Crippen LogP contribution in [0.2, 0.25) is 0 Å². The van der Waals surface area contributed by atoms with E-state index in [0.717, 1.165) is 42.5 Å². The Morgan fingerprint density at radius 3 is 1.50 bits per heavy atom. The smallest absolute Gasteiger partial charge is 0.330 e. The van der Waals surface area contributed by atoms with E-state index in [1.165, 1.54) is 60.7 Å². The molecular formula is C57H64O31. The Kier molecular flexibility index (Phi) is 20.6. The highest BCUT2D eigenvalue weighted by Crippen LogP contribution is 2.46. The van der Waals surface area contributed by atoms with Crippen molar-refractivity contribution in [2.45, 2.75) is 129 Å². The lowest BCUT2D eigenvalue weighted by atomic mass is 9.97. The van der Waals surface area contributed by atoms with Gasteiger partial charge in [-0.3, -0.25) is 0 Å². The van der Waals surface area contributed by atoms with Gasteiger partial charge in [-0.2, -0.15) is 0 Å². The number of phenolic OH excluding ortho intramolecular Hbond substituents is 5. The van der Waals surface area contributed by atoms with Crippen LogP contribution in [0.3, 0.4) is 0 Å². The van der Waals surface area contributed by atoms with Crippen molar-refractivity contribution in [3.05, 3.63) is 113 Å². The molecule has 88 heavy (non-hydrogen) atoms. The summed E-state index contributed by atoms with van der Waals surface area (Å²) < 4.78 is 63.8. The van der Waals surface area contributed by atoms with Gasteiger partial charge in [-0.05, 0) is 65.8 Å². The van der Waals surface area contributed by atoms with Crippen molar-refractivity contribution >= 4 is 30.2 Å². The second-order valence-corrected chi connectivity index (χ2v) is 20.8. The molecule has 4 saturated heterocycles. The van der Waals surface area contributed by atoms with Gasteiger partial charge in [0.1, 0.15) is 134 Å². The first kappa shape index (κ1) is 65.0. The molecule has 21 atom stereocenters. The molecule has 4 aromatic rings. The van der Waals surface area contributed by atoms with Crippen LogP contribution in [0, 0.1) is 0 Å². The highest BCUT2D eigenvalue weighted by atomic mass is 16.8. The van der Waals surface area contributed by atoms with Gasteiger partial charge in [0.05, 0.1) is 18.8 Å². The van der Waals surface area contributed by atoms with E-state index >= 15 is 0 Å². The van der Waals surface area contributed by atoms with Gasteiger partial charge in [0.25, 0.3) is 0 Å². The lowest BCUT2D eigenvalue weighted by molar-refractivity contribution is -0.364. The number of carbonyl (C=O) groups is 2. The largest absolute Gasteiger partial charge is 0.508 e. The quantitative estimate of drug-likeness (QED) is 0.0243. The number of ether oxygens (including phenoxy) is 11. The molecule has 4 aromatic carbocycles. The van der Waals surface area contributed by atoms with Gasteiger partial charge in [0, 0.05) is 29.8 Å². The van der Waals surface area contributed by atoms with Gasteiger partial charge in [-0.25, -0.2) is 9.59 Å². The molecule has 1 unspecified atom stereocenters. The fourth-order valence-electron chi connectivity index (χ4n) is 9.75. The standard InChI is InChI=1S/C57H64O31/c58-18-35-41(67)45(71)49(75)54(84-35)81-32-16-26(61)15-31-27(32)17-34(52(80-31)24-5-7-25(60)8-6-24)83-57-53(48(74)44(70)38(87-57)21-79-39(65)11-3-22-1-9-28(62)30(64)13-22)88-56-51(77)47(73)43(69)37(86-56)20-78-40(66)12-4-23-2-10-29(63)33(14-23)82-55-50(76)46(72)42(68)36(19-59)85-55/h1-17,35-38,41-64,67-77H,18-21H2/b11-3+,12-4+/t35-,36-,37+,38+,41+,42+,43+,44+,45-,46-,47-,48-,49-,50-,51+,52?,53-,54+,55+,56-,57+/m0/s1. The summed E-state index contributed by atoms with van der Waals surface area (Å²) in [6, 6.07) is 14.8. The minimum Gasteiger partial charge on any atom is -0.508 e. The lowest BCUT2D eigenvalue weighted by Gasteiger charge is -2.46. The van der Waals surface area contributed by atoms with Crippen LogP contribution >= 0.6 is 0 Å². The van der Waals surface area contributed by atoms with Crippen LogP contribution in [-0.2, 0) is 47.5 Å². The Morgan fingerprint density at radius 2 is 0.943 bits per heavy atom. The average Bonchev–Trinajstić information content (AvgIpc) is 3.08. The molecule has 0 radical (unpaired) electrons. The zero-order valence-corrected chi connectivity index (χ0v) is 45.6. The van der Waals surface area contributed by atoms with Crippen LogP contribution in [0.15, 0.2) is 90.7 Å². The minimum atomic E-state index is -2.19. The van der Waals surface area contributed by atoms with Gasteiger partial charge in [0.15, 0.2) is 41.5 Å². The monoisotopic (exact) mass is 1240 g/mol. The first-order valence-corrected chi connectivity index (χ1v) is 27.0. The SMILES string of the molecule is O=C(/C=C/c1ccc(O)c(O[C@@H]2O[C@@H](CO)[C@@H](O)[C@H](O)[C@@H]2O)c1)OC[C@H]1O[C@@H](O[C@@H]2[C@H](OC3=Cc4c(cc(O)cc4O[C@@H]4O[C@@H](CO)[C@@H](O)[C@H](O)[C@@H]4O)OC3c3ccc(O)cc3)O[C@H](COC(=O)/C=C/c3ccc(O)c(O)c3)[C@@H](O)[C@@H]2O)[C@H](O)[C@@H](O)[C@@H]1O. The van der Waals surface area contributed by atoms with Gasteiger partial charge >= 0.3 is 11.9 Å². The van der Waals surface area contributed by atoms with Crippen LogP contribution in [-0.4, -0.2) is 253 Å².